The highest BCUT2D eigenvalue weighted by molar-refractivity contribution is 7.13. The molecule has 0 saturated carbocycles. The summed E-state index contributed by atoms with van der Waals surface area (Å²) >= 11 is 1.47. The van der Waals surface area contributed by atoms with Gasteiger partial charge in [0.05, 0.1) is 4.88 Å². The largest absolute Gasteiger partial charge is 0.480 e. The molecule has 0 spiro atoms. The van der Waals surface area contributed by atoms with Gasteiger partial charge in [-0.1, -0.05) is 19.9 Å². The van der Waals surface area contributed by atoms with Crippen molar-refractivity contribution in [2.75, 3.05) is 0 Å². The normalized spacial score (nSPS) is 12.1. The van der Waals surface area contributed by atoms with Gasteiger partial charge in [-0.2, -0.15) is 5.10 Å². The molecule has 2 aromatic rings. The maximum Gasteiger partial charge on any atom is 0.326 e. The third-order valence-corrected chi connectivity index (χ3v) is 4.17. The van der Waals surface area contributed by atoms with Crippen molar-refractivity contribution in [2.45, 2.75) is 32.9 Å². The van der Waals surface area contributed by atoms with Gasteiger partial charge in [0.25, 0.3) is 5.56 Å². The number of hydrogen-bond acceptors (Lipinski definition) is 5. The number of thiophene rings is 1. The Morgan fingerprint density at radius 2 is 2.08 bits per heavy atom. The first-order chi connectivity index (χ1) is 11.4. The first kappa shape index (κ1) is 17.9. The quantitative estimate of drug-likeness (QED) is 0.790. The zero-order valence-electron chi connectivity index (χ0n) is 13.4. The molecule has 2 heterocycles. The molecule has 7 nitrogen and oxygen atoms in total. The summed E-state index contributed by atoms with van der Waals surface area (Å²) in [5.41, 5.74) is 0.176. The Morgan fingerprint density at radius 3 is 2.67 bits per heavy atom. The van der Waals surface area contributed by atoms with Gasteiger partial charge in [0.2, 0.25) is 5.91 Å². The molecule has 24 heavy (non-hydrogen) atoms. The van der Waals surface area contributed by atoms with E-state index < -0.39 is 23.5 Å². The van der Waals surface area contributed by atoms with Crippen molar-refractivity contribution in [3.63, 3.8) is 0 Å². The van der Waals surface area contributed by atoms with Gasteiger partial charge < -0.3 is 10.4 Å². The van der Waals surface area contributed by atoms with Crippen molar-refractivity contribution in [3.8, 4) is 10.6 Å². The van der Waals surface area contributed by atoms with Crippen LogP contribution >= 0.6 is 11.3 Å². The molecule has 128 valence electrons. The van der Waals surface area contributed by atoms with Crippen LogP contribution < -0.4 is 10.9 Å². The van der Waals surface area contributed by atoms with Crippen LogP contribution in [0.1, 0.15) is 20.3 Å². The first-order valence-corrected chi connectivity index (χ1v) is 8.39. The molecule has 2 rings (SSSR count). The summed E-state index contributed by atoms with van der Waals surface area (Å²) in [6, 6.07) is 5.70. The van der Waals surface area contributed by atoms with Gasteiger partial charge in [0, 0.05) is 6.07 Å². The Labute approximate surface area is 142 Å². The van der Waals surface area contributed by atoms with Gasteiger partial charge in [-0.15, -0.1) is 11.3 Å². The van der Waals surface area contributed by atoms with Crippen molar-refractivity contribution in [2.24, 2.45) is 5.92 Å². The predicted molar refractivity (Wildman–Crippen MR) is 90.8 cm³/mol. The number of carboxylic acids is 1. The highest BCUT2D eigenvalue weighted by Crippen LogP contribution is 2.20. The van der Waals surface area contributed by atoms with Gasteiger partial charge in [-0.3, -0.25) is 9.59 Å². The van der Waals surface area contributed by atoms with E-state index in [-0.39, 0.29) is 12.5 Å². The van der Waals surface area contributed by atoms with E-state index in [4.69, 9.17) is 5.11 Å². The number of nitrogens with one attached hydrogen (secondary N) is 1. The topological polar surface area (TPSA) is 101 Å². The maximum atomic E-state index is 12.1. The number of carboxylic acid groups (broad SMARTS) is 1. The lowest BCUT2D eigenvalue weighted by atomic mass is 10.0. The lowest BCUT2D eigenvalue weighted by Gasteiger charge is -2.16. The smallest absolute Gasteiger partial charge is 0.326 e. The highest BCUT2D eigenvalue weighted by atomic mass is 32.1. The number of nitrogens with zero attached hydrogens (tertiary/aromatic N) is 2. The lowest BCUT2D eigenvalue weighted by molar-refractivity contribution is -0.142. The number of aliphatic carboxylic acids is 1. The molecule has 1 amide bonds. The Hall–Kier alpha value is -2.48. The fourth-order valence-corrected chi connectivity index (χ4v) is 2.88. The monoisotopic (exact) mass is 349 g/mol. The van der Waals surface area contributed by atoms with Crippen LogP contribution in [0.15, 0.2) is 34.4 Å². The molecule has 1 unspecified atom stereocenters. The second-order valence-corrected chi connectivity index (χ2v) is 6.73. The predicted octanol–water partition coefficient (Wildman–Crippen LogP) is 1.59. The second-order valence-electron chi connectivity index (χ2n) is 5.78. The average molecular weight is 349 g/mol. The zero-order valence-corrected chi connectivity index (χ0v) is 14.2. The molecule has 0 radical (unpaired) electrons. The van der Waals surface area contributed by atoms with Crippen LogP contribution in [-0.2, 0) is 16.1 Å². The molecule has 0 aliphatic rings. The van der Waals surface area contributed by atoms with Crippen LogP contribution in [0.3, 0.4) is 0 Å². The van der Waals surface area contributed by atoms with Crippen LogP contribution in [-0.4, -0.2) is 32.8 Å². The first-order valence-electron chi connectivity index (χ1n) is 7.51. The van der Waals surface area contributed by atoms with Gasteiger partial charge in [0.1, 0.15) is 18.3 Å². The van der Waals surface area contributed by atoms with Crippen molar-refractivity contribution in [1.82, 2.24) is 15.1 Å². The summed E-state index contributed by atoms with van der Waals surface area (Å²) in [6.07, 6.45) is 0.318. The minimum atomic E-state index is -1.09. The summed E-state index contributed by atoms with van der Waals surface area (Å²) in [4.78, 5) is 36.1. The van der Waals surface area contributed by atoms with Crippen LogP contribution in [0, 0.1) is 5.92 Å². The van der Waals surface area contributed by atoms with Crippen molar-refractivity contribution in [1.29, 1.82) is 0 Å². The SMILES string of the molecule is CC(C)CC(NC(=O)Cn1nc(-c2cccs2)ccc1=O)C(=O)O. The van der Waals surface area contributed by atoms with E-state index in [0.717, 1.165) is 9.56 Å². The van der Waals surface area contributed by atoms with Gasteiger partial charge in [-0.25, -0.2) is 9.48 Å². The zero-order chi connectivity index (χ0) is 17.7. The van der Waals surface area contributed by atoms with E-state index >= 15 is 0 Å². The number of rotatable bonds is 7. The Morgan fingerprint density at radius 1 is 1.33 bits per heavy atom. The lowest BCUT2D eigenvalue weighted by Crippen LogP contribution is -2.44. The summed E-state index contributed by atoms with van der Waals surface area (Å²) in [7, 11) is 0. The molecule has 2 aromatic heterocycles. The van der Waals surface area contributed by atoms with E-state index in [0.29, 0.717) is 12.1 Å². The third kappa shape index (κ3) is 4.76. The average Bonchev–Trinajstić information content (AvgIpc) is 3.02. The van der Waals surface area contributed by atoms with Crippen molar-refractivity contribution in [3.05, 3.63) is 40.0 Å². The van der Waals surface area contributed by atoms with Gasteiger partial charge in [-0.05, 0) is 29.9 Å². The standard InChI is InChI=1S/C16H19N3O4S/c1-10(2)8-12(16(22)23)17-14(20)9-19-15(21)6-5-11(18-19)13-4-3-7-24-13/h3-7,10,12H,8-9H2,1-2H3,(H,17,20)(H,22,23). The van der Waals surface area contributed by atoms with E-state index in [9.17, 15) is 14.4 Å². The summed E-state index contributed by atoms with van der Waals surface area (Å²) in [5, 5.41) is 17.7. The molecule has 0 saturated heterocycles. The number of amides is 1. The van der Waals surface area contributed by atoms with Crippen molar-refractivity contribution >= 4 is 23.2 Å². The van der Waals surface area contributed by atoms with Crippen LogP contribution in [0.2, 0.25) is 0 Å². The number of hydrogen-bond donors (Lipinski definition) is 2. The minimum absolute atomic E-state index is 0.120. The molecule has 2 N–H and O–H groups in total. The second kappa shape index (κ2) is 7.87. The highest BCUT2D eigenvalue weighted by Gasteiger charge is 2.21. The van der Waals surface area contributed by atoms with Crippen LogP contribution in [0.4, 0.5) is 0 Å². The number of carbonyl (C=O) groups excluding carboxylic acids is 1. The van der Waals surface area contributed by atoms with Crippen molar-refractivity contribution < 1.29 is 14.7 Å². The fourth-order valence-electron chi connectivity index (χ4n) is 2.19. The third-order valence-electron chi connectivity index (χ3n) is 3.27. The Balaban J connectivity index is 2.12. The summed E-state index contributed by atoms with van der Waals surface area (Å²) < 4.78 is 1.04. The van der Waals surface area contributed by atoms with E-state index in [1.165, 1.54) is 17.4 Å². The van der Waals surface area contributed by atoms with E-state index in [2.05, 4.69) is 10.4 Å². The number of aromatic nitrogens is 2. The van der Waals surface area contributed by atoms with Gasteiger partial charge in [0.15, 0.2) is 0 Å². The summed E-state index contributed by atoms with van der Waals surface area (Å²) in [6.45, 7) is 3.43. The molecule has 0 aromatic carbocycles. The Kier molecular flexibility index (Phi) is 5.86. The molecule has 1 atom stereocenters. The van der Waals surface area contributed by atoms with Crippen LogP contribution in [0.25, 0.3) is 10.6 Å². The summed E-state index contributed by atoms with van der Waals surface area (Å²) in [5.74, 6) is -1.53. The Bertz CT molecular complexity index is 768. The molecule has 0 aliphatic carbocycles. The molecular formula is C16H19N3O4S. The van der Waals surface area contributed by atoms with Crippen LogP contribution in [0.5, 0.6) is 0 Å². The minimum Gasteiger partial charge on any atom is -0.480 e. The van der Waals surface area contributed by atoms with E-state index in [1.807, 2.05) is 31.4 Å². The molecule has 0 bridgehead atoms. The fraction of sp³-hybridized carbons (Fsp3) is 0.375. The molecular weight excluding hydrogens is 330 g/mol. The molecule has 0 aliphatic heterocycles. The van der Waals surface area contributed by atoms with E-state index in [1.54, 1.807) is 6.07 Å². The molecule has 0 fully saturated rings. The maximum absolute atomic E-state index is 12.1. The number of carbonyl (C=O) groups is 2. The van der Waals surface area contributed by atoms with Gasteiger partial charge >= 0.3 is 5.97 Å². The molecule has 8 heteroatoms.